The first-order chi connectivity index (χ1) is 12.1. The third kappa shape index (κ3) is 4.68. The van der Waals surface area contributed by atoms with Crippen LogP contribution in [-0.4, -0.2) is 29.5 Å². The molecule has 6 nitrogen and oxygen atoms in total. The topological polar surface area (TPSA) is 81.4 Å². The summed E-state index contributed by atoms with van der Waals surface area (Å²) in [5.74, 6) is -0.0810. The van der Waals surface area contributed by atoms with Crippen LogP contribution in [0.3, 0.4) is 0 Å². The molecule has 1 aromatic carbocycles. The Hall–Kier alpha value is -2.63. The second kappa shape index (κ2) is 7.96. The molecule has 6 heteroatoms. The van der Waals surface area contributed by atoms with E-state index in [2.05, 4.69) is 17.2 Å². The van der Waals surface area contributed by atoms with Crippen LogP contribution in [0.4, 0.5) is 0 Å². The molecule has 1 aromatic heterocycles. The smallest absolute Gasteiger partial charge is 0.331 e. The summed E-state index contributed by atoms with van der Waals surface area (Å²) in [5.41, 5.74) is 1.37. The molecule has 1 saturated carbocycles. The van der Waals surface area contributed by atoms with Crippen molar-refractivity contribution >= 4 is 29.1 Å². The van der Waals surface area contributed by atoms with Crippen LogP contribution in [0.15, 0.2) is 34.8 Å². The fourth-order valence-corrected chi connectivity index (χ4v) is 3.06. The molecule has 1 aliphatic carbocycles. The lowest BCUT2D eigenvalue weighted by atomic mass is 9.86. The minimum Gasteiger partial charge on any atom is -0.452 e. The summed E-state index contributed by atoms with van der Waals surface area (Å²) < 4.78 is 10.4. The number of aromatic nitrogens is 1. The van der Waals surface area contributed by atoms with Gasteiger partial charge in [0.05, 0.1) is 0 Å². The van der Waals surface area contributed by atoms with Crippen molar-refractivity contribution in [1.82, 2.24) is 10.3 Å². The van der Waals surface area contributed by atoms with Crippen LogP contribution >= 0.6 is 0 Å². The van der Waals surface area contributed by atoms with Crippen LogP contribution in [0, 0.1) is 5.92 Å². The summed E-state index contributed by atoms with van der Waals surface area (Å²) in [6.45, 7) is 1.86. The Morgan fingerprint density at radius 2 is 2.12 bits per heavy atom. The Labute approximate surface area is 146 Å². The zero-order valence-corrected chi connectivity index (χ0v) is 14.2. The minimum atomic E-state index is -0.603. The number of fused-ring (bicyclic) bond motifs is 1. The van der Waals surface area contributed by atoms with Crippen molar-refractivity contribution in [2.24, 2.45) is 5.92 Å². The van der Waals surface area contributed by atoms with Gasteiger partial charge >= 0.3 is 5.97 Å². The lowest BCUT2D eigenvalue weighted by molar-refractivity contribution is -0.144. The molecule has 25 heavy (non-hydrogen) atoms. The Morgan fingerprint density at radius 3 is 2.92 bits per heavy atom. The van der Waals surface area contributed by atoms with Gasteiger partial charge in [-0.2, -0.15) is 0 Å². The number of ether oxygens (including phenoxy) is 1. The predicted octanol–water partition coefficient (Wildman–Crippen LogP) is 3.08. The third-order valence-electron chi connectivity index (χ3n) is 4.48. The number of hydrogen-bond acceptors (Lipinski definition) is 5. The quantitative estimate of drug-likeness (QED) is 0.667. The summed E-state index contributed by atoms with van der Waals surface area (Å²) >= 11 is 0. The Morgan fingerprint density at radius 1 is 1.32 bits per heavy atom. The highest BCUT2D eigenvalue weighted by atomic mass is 16.5. The standard InChI is InChI=1S/C19H22N2O4/c1-13-6-2-3-7-14(13)20-17(22)12-24-19(23)11-10-18-21-15-8-4-5-9-16(15)25-18/h4-5,8-11,13-14H,2-3,6-7,12H2,1H3,(H,20,22)/b11-10+/t13-,14-/m0/s1. The first-order valence-electron chi connectivity index (χ1n) is 8.61. The number of benzene rings is 1. The number of nitrogens with zero attached hydrogens (tertiary/aromatic N) is 1. The van der Waals surface area contributed by atoms with Gasteiger partial charge in [0, 0.05) is 18.2 Å². The molecule has 2 aromatic rings. The van der Waals surface area contributed by atoms with Crippen LogP contribution in [0.5, 0.6) is 0 Å². The molecule has 0 unspecified atom stereocenters. The van der Waals surface area contributed by atoms with Crippen molar-refractivity contribution in [3.63, 3.8) is 0 Å². The van der Waals surface area contributed by atoms with E-state index >= 15 is 0 Å². The molecule has 3 rings (SSSR count). The molecule has 1 heterocycles. The maximum Gasteiger partial charge on any atom is 0.331 e. The van der Waals surface area contributed by atoms with Crippen LogP contribution in [0.1, 0.15) is 38.5 Å². The van der Waals surface area contributed by atoms with E-state index in [1.807, 2.05) is 18.2 Å². The van der Waals surface area contributed by atoms with E-state index in [1.165, 1.54) is 18.6 Å². The second-order valence-corrected chi connectivity index (χ2v) is 6.40. The number of oxazole rings is 1. The fourth-order valence-electron chi connectivity index (χ4n) is 3.06. The van der Waals surface area contributed by atoms with Gasteiger partial charge < -0.3 is 14.5 Å². The number of esters is 1. The van der Waals surface area contributed by atoms with Gasteiger partial charge in [-0.3, -0.25) is 4.79 Å². The van der Waals surface area contributed by atoms with Gasteiger partial charge in [-0.1, -0.05) is 31.9 Å². The van der Waals surface area contributed by atoms with Gasteiger partial charge in [-0.15, -0.1) is 0 Å². The molecule has 0 aliphatic heterocycles. The number of para-hydroxylation sites is 2. The zero-order chi connectivity index (χ0) is 17.6. The van der Waals surface area contributed by atoms with Gasteiger partial charge in [-0.25, -0.2) is 9.78 Å². The normalized spacial score (nSPS) is 20.7. The van der Waals surface area contributed by atoms with Crippen molar-refractivity contribution in [3.05, 3.63) is 36.2 Å². The van der Waals surface area contributed by atoms with Crippen molar-refractivity contribution in [2.75, 3.05) is 6.61 Å². The Bertz CT molecular complexity index is 748. The van der Waals surface area contributed by atoms with E-state index in [1.54, 1.807) is 6.07 Å². The van der Waals surface area contributed by atoms with Gasteiger partial charge in [0.1, 0.15) is 5.52 Å². The largest absolute Gasteiger partial charge is 0.452 e. The van der Waals surface area contributed by atoms with Crippen molar-refractivity contribution in [1.29, 1.82) is 0 Å². The monoisotopic (exact) mass is 342 g/mol. The maximum atomic E-state index is 11.9. The van der Waals surface area contributed by atoms with Gasteiger partial charge in [0.2, 0.25) is 5.89 Å². The molecule has 1 amide bonds. The average molecular weight is 342 g/mol. The van der Waals surface area contributed by atoms with E-state index in [0.717, 1.165) is 24.8 Å². The average Bonchev–Trinajstić information content (AvgIpc) is 3.03. The number of nitrogens with one attached hydrogen (secondary N) is 1. The van der Waals surface area contributed by atoms with Gasteiger partial charge in [0.15, 0.2) is 12.2 Å². The lowest BCUT2D eigenvalue weighted by Gasteiger charge is -2.29. The van der Waals surface area contributed by atoms with E-state index in [-0.39, 0.29) is 18.6 Å². The summed E-state index contributed by atoms with van der Waals surface area (Å²) in [5, 5.41) is 2.94. The molecular formula is C19H22N2O4. The summed E-state index contributed by atoms with van der Waals surface area (Å²) in [6.07, 6.45) is 7.09. The number of hydrogen-bond donors (Lipinski definition) is 1. The van der Waals surface area contributed by atoms with Gasteiger partial charge in [-0.05, 0) is 30.9 Å². The van der Waals surface area contributed by atoms with Crippen molar-refractivity contribution in [2.45, 2.75) is 38.6 Å². The van der Waals surface area contributed by atoms with E-state index < -0.39 is 5.97 Å². The highest BCUT2D eigenvalue weighted by Crippen LogP contribution is 2.23. The molecular weight excluding hydrogens is 320 g/mol. The third-order valence-corrected chi connectivity index (χ3v) is 4.48. The van der Waals surface area contributed by atoms with Gasteiger partial charge in [0.25, 0.3) is 5.91 Å². The molecule has 0 bridgehead atoms. The fraction of sp³-hybridized carbons (Fsp3) is 0.421. The molecule has 2 atom stereocenters. The van der Waals surface area contributed by atoms with Crippen molar-refractivity contribution in [3.8, 4) is 0 Å². The molecule has 132 valence electrons. The minimum absolute atomic E-state index is 0.176. The van der Waals surface area contributed by atoms with E-state index in [4.69, 9.17) is 9.15 Å². The molecule has 0 radical (unpaired) electrons. The lowest BCUT2D eigenvalue weighted by Crippen LogP contribution is -2.42. The SMILES string of the molecule is C[C@H]1CCCC[C@@H]1NC(=O)COC(=O)/C=C/c1nc2ccccc2o1. The molecule has 1 aliphatic rings. The van der Waals surface area contributed by atoms with Crippen LogP contribution in [0.2, 0.25) is 0 Å². The zero-order valence-electron chi connectivity index (χ0n) is 14.2. The molecule has 0 saturated heterocycles. The van der Waals surface area contributed by atoms with Crippen LogP contribution in [0.25, 0.3) is 17.2 Å². The Kier molecular flexibility index (Phi) is 5.48. The highest BCUT2D eigenvalue weighted by Gasteiger charge is 2.22. The number of amides is 1. The highest BCUT2D eigenvalue weighted by molar-refractivity contribution is 5.89. The second-order valence-electron chi connectivity index (χ2n) is 6.40. The van der Waals surface area contributed by atoms with Crippen LogP contribution < -0.4 is 5.32 Å². The first-order valence-corrected chi connectivity index (χ1v) is 8.61. The maximum absolute atomic E-state index is 11.9. The van der Waals surface area contributed by atoms with E-state index in [0.29, 0.717) is 17.4 Å². The first kappa shape index (κ1) is 17.2. The molecule has 0 spiro atoms. The summed E-state index contributed by atoms with van der Waals surface area (Å²) in [6, 6.07) is 7.51. The number of carbonyl (C=O) groups is 2. The molecule has 1 fully saturated rings. The number of carbonyl (C=O) groups excluding carboxylic acids is 2. The molecule has 1 N–H and O–H groups in total. The Balaban J connectivity index is 1.46. The summed E-state index contributed by atoms with van der Waals surface area (Å²) in [4.78, 5) is 27.9. The van der Waals surface area contributed by atoms with Crippen molar-refractivity contribution < 1.29 is 18.7 Å². The predicted molar refractivity (Wildman–Crippen MR) is 93.6 cm³/mol. The number of rotatable bonds is 5. The van der Waals surface area contributed by atoms with E-state index in [9.17, 15) is 9.59 Å². The van der Waals surface area contributed by atoms with Crippen LogP contribution in [-0.2, 0) is 14.3 Å². The summed E-state index contributed by atoms with van der Waals surface area (Å²) in [7, 11) is 0.